The quantitative estimate of drug-likeness (QED) is 0.391. The van der Waals surface area contributed by atoms with E-state index in [0.29, 0.717) is 12.4 Å². The Morgan fingerprint density at radius 2 is 2.12 bits per heavy atom. The molecule has 2 fully saturated rings. The van der Waals surface area contributed by atoms with Gasteiger partial charge in [0.05, 0.1) is 13.2 Å². The molecule has 17 heavy (non-hydrogen) atoms. The molecule has 98 valence electrons. The second-order valence-corrected chi connectivity index (χ2v) is 5.86. The highest BCUT2D eigenvalue weighted by molar-refractivity contribution is 7.92. The first kappa shape index (κ1) is 12.9. The highest BCUT2D eigenvalue weighted by atomic mass is 32.2. The molecule has 8 heteroatoms. The monoisotopic (exact) mass is 265 g/mol. The molecule has 0 saturated carbocycles. The number of ether oxygens (including phenoxy) is 2. The van der Waals surface area contributed by atoms with Crippen LogP contribution in [0.1, 0.15) is 13.3 Å². The summed E-state index contributed by atoms with van der Waals surface area (Å²) in [5.41, 5.74) is 0. The van der Waals surface area contributed by atoms with E-state index in [1.54, 1.807) is 0 Å². The molecule has 2 aliphatic heterocycles. The van der Waals surface area contributed by atoms with Crippen molar-refractivity contribution in [3.05, 3.63) is 10.1 Å². The molecule has 0 aliphatic carbocycles. The fourth-order valence-corrected chi connectivity index (χ4v) is 3.68. The summed E-state index contributed by atoms with van der Waals surface area (Å²) in [4.78, 5) is 14.8. The van der Waals surface area contributed by atoms with Crippen molar-refractivity contribution < 1.29 is 24.0 Å². The van der Waals surface area contributed by atoms with Crippen LogP contribution < -0.4 is 0 Å². The smallest absolute Gasteiger partial charge is 0.294 e. The lowest BCUT2D eigenvalue weighted by Crippen LogP contribution is -2.38. The minimum atomic E-state index is -1.01. The molecule has 0 aromatic heterocycles. The zero-order valence-electron chi connectivity index (χ0n) is 9.44. The molecule has 2 rings (SSSR count). The van der Waals surface area contributed by atoms with Crippen LogP contribution in [0.15, 0.2) is 0 Å². The van der Waals surface area contributed by atoms with E-state index in [-0.39, 0.29) is 18.0 Å². The molecule has 0 radical (unpaired) electrons. The van der Waals surface area contributed by atoms with Crippen LogP contribution in [0.4, 0.5) is 0 Å². The van der Waals surface area contributed by atoms with Gasteiger partial charge in [0.1, 0.15) is 18.0 Å². The van der Waals surface area contributed by atoms with E-state index in [2.05, 4.69) is 4.84 Å². The van der Waals surface area contributed by atoms with Crippen LogP contribution in [0.25, 0.3) is 0 Å². The van der Waals surface area contributed by atoms with Gasteiger partial charge in [-0.1, -0.05) is 6.92 Å². The number of fused-ring (bicyclic) bond motifs is 1. The predicted molar refractivity (Wildman–Crippen MR) is 58.4 cm³/mol. The van der Waals surface area contributed by atoms with Gasteiger partial charge in [-0.15, -0.1) is 10.1 Å². The third-order valence-corrected chi connectivity index (χ3v) is 4.82. The molecule has 1 unspecified atom stereocenters. The maximum absolute atomic E-state index is 11.9. The zero-order valence-corrected chi connectivity index (χ0v) is 10.3. The van der Waals surface area contributed by atoms with Crippen LogP contribution >= 0.6 is 0 Å². The molecule has 0 bridgehead atoms. The molecule has 5 atom stereocenters. The first-order valence-corrected chi connectivity index (χ1v) is 6.93. The Kier molecular flexibility index (Phi) is 4.08. The Hall–Kier alpha value is -0.570. The lowest BCUT2D eigenvalue weighted by Gasteiger charge is -2.20. The highest BCUT2D eigenvalue weighted by Crippen LogP contribution is 2.32. The molecule has 7 nitrogen and oxygen atoms in total. The molecule has 0 aromatic rings. The molecule has 2 aliphatic rings. The maximum Gasteiger partial charge on any atom is 0.294 e. The molecule has 0 N–H and O–H groups in total. The first-order valence-electron chi connectivity index (χ1n) is 5.55. The van der Waals surface area contributed by atoms with Crippen molar-refractivity contribution in [3.8, 4) is 0 Å². The zero-order chi connectivity index (χ0) is 12.4. The van der Waals surface area contributed by atoms with Gasteiger partial charge >= 0.3 is 0 Å². The SMILES string of the molecule is CCC[S+]([O-])[C@H]1CO[C@H]2[C@@H]1OC[C@H]2O[N+](=O)[O-]. The van der Waals surface area contributed by atoms with Gasteiger partial charge in [-0.2, -0.15) is 0 Å². The lowest BCUT2D eigenvalue weighted by molar-refractivity contribution is -0.769. The van der Waals surface area contributed by atoms with E-state index < -0.39 is 28.5 Å². The Balaban J connectivity index is 1.94. The van der Waals surface area contributed by atoms with Crippen molar-refractivity contribution in [1.82, 2.24) is 0 Å². The van der Waals surface area contributed by atoms with Gasteiger partial charge in [0, 0.05) is 0 Å². The van der Waals surface area contributed by atoms with Gasteiger partial charge in [-0.3, -0.25) is 0 Å². The van der Waals surface area contributed by atoms with E-state index in [9.17, 15) is 14.7 Å². The Morgan fingerprint density at radius 1 is 1.41 bits per heavy atom. The number of hydrogen-bond acceptors (Lipinski definition) is 6. The summed E-state index contributed by atoms with van der Waals surface area (Å²) in [6.07, 6.45) is -0.674. The van der Waals surface area contributed by atoms with E-state index in [0.717, 1.165) is 6.42 Å². The van der Waals surface area contributed by atoms with Gasteiger partial charge in [-0.25, -0.2) is 0 Å². The molecule has 2 heterocycles. The second kappa shape index (κ2) is 5.38. The largest absolute Gasteiger partial charge is 0.616 e. The van der Waals surface area contributed by atoms with E-state index in [1.165, 1.54) is 0 Å². The van der Waals surface area contributed by atoms with Crippen molar-refractivity contribution in [2.24, 2.45) is 0 Å². The predicted octanol–water partition coefficient (Wildman–Crippen LogP) is -0.112. The lowest BCUT2D eigenvalue weighted by atomic mass is 10.1. The van der Waals surface area contributed by atoms with Crippen molar-refractivity contribution in [3.63, 3.8) is 0 Å². The normalized spacial score (nSPS) is 37.8. The van der Waals surface area contributed by atoms with Gasteiger partial charge in [0.15, 0.2) is 11.4 Å². The third kappa shape index (κ3) is 2.65. The standard InChI is InChI=1S/C9H15NO6S/c1-2-3-17(13)7-5-15-8-6(16-10(11)12)4-14-9(7)8/h6-9H,2-5H2,1H3/t6-,7+,8-,9-,17?/m1/s1. The van der Waals surface area contributed by atoms with Crippen molar-refractivity contribution in [2.45, 2.75) is 36.9 Å². The Labute approximate surface area is 102 Å². The summed E-state index contributed by atoms with van der Waals surface area (Å²) in [6.45, 7) is 2.40. The Morgan fingerprint density at radius 3 is 2.76 bits per heavy atom. The summed E-state index contributed by atoms with van der Waals surface area (Å²) >= 11 is -1.01. The van der Waals surface area contributed by atoms with Crippen LogP contribution in [-0.4, -0.2) is 52.2 Å². The van der Waals surface area contributed by atoms with Crippen LogP contribution in [0.2, 0.25) is 0 Å². The summed E-state index contributed by atoms with van der Waals surface area (Å²) in [7, 11) is 0. The molecule has 0 spiro atoms. The van der Waals surface area contributed by atoms with Gasteiger partial charge in [0.25, 0.3) is 5.09 Å². The molecule has 2 saturated heterocycles. The van der Waals surface area contributed by atoms with Gasteiger partial charge in [0.2, 0.25) is 0 Å². The first-order chi connectivity index (χ1) is 8.13. The number of hydrogen-bond donors (Lipinski definition) is 0. The molecule has 0 amide bonds. The Bertz CT molecular complexity index is 291. The van der Waals surface area contributed by atoms with Crippen molar-refractivity contribution in [2.75, 3.05) is 19.0 Å². The average molecular weight is 265 g/mol. The van der Waals surface area contributed by atoms with Gasteiger partial charge < -0.3 is 18.9 Å². The van der Waals surface area contributed by atoms with Crippen LogP contribution in [0.5, 0.6) is 0 Å². The van der Waals surface area contributed by atoms with Crippen LogP contribution in [-0.2, 0) is 25.5 Å². The van der Waals surface area contributed by atoms with Crippen LogP contribution in [0, 0.1) is 10.1 Å². The fourth-order valence-electron chi connectivity index (χ4n) is 2.21. The molecule has 0 aromatic carbocycles. The molecular weight excluding hydrogens is 250 g/mol. The van der Waals surface area contributed by atoms with E-state index >= 15 is 0 Å². The van der Waals surface area contributed by atoms with Crippen molar-refractivity contribution >= 4 is 11.2 Å². The van der Waals surface area contributed by atoms with Crippen LogP contribution in [0.3, 0.4) is 0 Å². The summed E-state index contributed by atoms with van der Waals surface area (Å²) in [5, 5.41) is 9.24. The average Bonchev–Trinajstić information content (AvgIpc) is 2.80. The highest BCUT2D eigenvalue weighted by Gasteiger charge is 2.53. The minimum Gasteiger partial charge on any atom is -0.616 e. The second-order valence-electron chi connectivity index (χ2n) is 4.09. The fraction of sp³-hybridized carbons (Fsp3) is 1.00. The topological polar surface area (TPSA) is 93.9 Å². The molecular formula is C9H15NO6S. The number of rotatable bonds is 5. The summed E-state index contributed by atoms with van der Waals surface area (Å²) < 4.78 is 22.7. The van der Waals surface area contributed by atoms with E-state index in [1.807, 2.05) is 6.92 Å². The third-order valence-electron chi connectivity index (χ3n) is 2.93. The summed E-state index contributed by atoms with van der Waals surface area (Å²) in [5.74, 6) is 0.599. The van der Waals surface area contributed by atoms with Gasteiger partial charge in [-0.05, 0) is 17.6 Å². The van der Waals surface area contributed by atoms with E-state index in [4.69, 9.17) is 9.47 Å². The minimum absolute atomic E-state index is 0.121. The summed E-state index contributed by atoms with van der Waals surface area (Å²) in [6, 6.07) is 0. The number of nitrogens with zero attached hydrogens (tertiary/aromatic N) is 1. The van der Waals surface area contributed by atoms with Crippen molar-refractivity contribution in [1.29, 1.82) is 0 Å². The maximum atomic E-state index is 11.9.